The summed E-state index contributed by atoms with van der Waals surface area (Å²) in [5.74, 6) is 0.682. The van der Waals surface area contributed by atoms with Gasteiger partial charge in [-0.2, -0.15) is 0 Å². The fourth-order valence-electron chi connectivity index (χ4n) is 1.26. The van der Waals surface area contributed by atoms with Crippen molar-refractivity contribution in [3.8, 4) is 0 Å². The summed E-state index contributed by atoms with van der Waals surface area (Å²) in [4.78, 5) is 2.17. The van der Waals surface area contributed by atoms with Gasteiger partial charge in [-0.05, 0) is 26.1 Å². The second-order valence-electron chi connectivity index (χ2n) is 3.46. The van der Waals surface area contributed by atoms with Crippen LogP contribution in [0.25, 0.3) is 0 Å². The summed E-state index contributed by atoms with van der Waals surface area (Å²) in [5.41, 5.74) is 1.35. The van der Waals surface area contributed by atoms with Gasteiger partial charge in [-0.25, -0.2) is 0 Å². The van der Waals surface area contributed by atoms with E-state index in [9.17, 15) is 0 Å². The van der Waals surface area contributed by atoms with Crippen LogP contribution in [0.4, 0.5) is 0 Å². The molecule has 1 aromatic carbocycles. The highest BCUT2D eigenvalue weighted by molar-refractivity contribution is 6.18. The van der Waals surface area contributed by atoms with Gasteiger partial charge in [-0.1, -0.05) is 30.3 Å². The Kier molecular flexibility index (Phi) is 4.26. The van der Waals surface area contributed by atoms with Crippen molar-refractivity contribution in [2.24, 2.45) is 0 Å². The average Bonchev–Trinajstić information content (AvgIpc) is 2.15. The van der Waals surface area contributed by atoms with Crippen molar-refractivity contribution in [2.75, 3.05) is 20.0 Å². The van der Waals surface area contributed by atoms with Gasteiger partial charge >= 0.3 is 0 Å². The molecule has 1 nitrogen and oxygen atoms in total. The van der Waals surface area contributed by atoms with E-state index >= 15 is 0 Å². The molecule has 0 aliphatic carbocycles. The molecule has 0 saturated carbocycles. The van der Waals surface area contributed by atoms with Crippen LogP contribution in [0.1, 0.15) is 5.56 Å². The Morgan fingerprint density at radius 1 is 1.23 bits per heavy atom. The first-order chi connectivity index (χ1) is 6.24. The number of alkyl halides is 1. The predicted molar refractivity (Wildman–Crippen MR) is 58.3 cm³/mol. The lowest BCUT2D eigenvalue weighted by Crippen LogP contribution is -2.31. The fraction of sp³-hybridized carbons (Fsp3) is 0.455. The van der Waals surface area contributed by atoms with Gasteiger partial charge < -0.3 is 4.90 Å². The van der Waals surface area contributed by atoms with Crippen LogP contribution in [-0.4, -0.2) is 30.9 Å². The topological polar surface area (TPSA) is 3.24 Å². The van der Waals surface area contributed by atoms with E-state index in [0.29, 0.717) is 11.9 Å². The normalized spacial score (nSPS) is 13.2. The highest BCUT2D eigenvalue weighted by Crippen LogP contribution is 2.07. The number of rotatable bonds is 4. The van der Waals surface area contributed by atoms with Gasteiger partial charge in [0.05, 0.1) is 0 Å². The zero-order valence-electron chi connectivity index (χ0n) is 8.20. The summed E-state index contributed by atoms with van der Waals surface area (Å²) >= 11 is 5.87. The first kappa shape index (κ1) is 10.6. The summed E-state index contributed by atoms with van der Waals surface area (Å²) < 4.78 is 0. The first-order valence-corrected chi connectivity index (χ1v) is 5.04. The average molecular weight is 198 g/mol. The molecule has 0 aliphatic heterocycles. The van der Waals surface area contributed by atoms with E-state index in [0.717, 1.165) is 6.42 Å². The third-order valence-corrected chi connectivity index (χ3v) is 2.58. The molecule has 0 bridgehead atoms. The molecular weight excluding hydrogens is 182 g/mol. The van der Waals surface area contributed by atoms with Gasteiger partial charge in [0.2, 0.25) is 0 Å². The van der Waals surface area contributed by atoms with Crippen LogP contribution in [0, 0.1) is 0 Å². The number of nitrogens with zero attached hydrogens (tertiary/aromatic N) is 1. The van der Waals surface area contributed by atoms with Crippen molar-refractivity contribution in [3.63, 3.8) is 0 Å². The molecule has 72 valence electrons. The van der Waals surface area contributed by atoms with Gasteiger partial charge in [-0.3, -0.25) is 0 Å². The molecule has 0 fully saturated rings. The minimum absolute atomic E-state index is 0.434. The molecule has 1 rings (SSSR count). The molecule has 0 aromatic heterocycles. The zero-order chi connectivity index (χ0) is 9.68. The summed E-state index contributed by atoms with van der Waals surface area (Å²) in [6.07, 6.45) is 1.03. The highest BCUT2D eigenvalue weighted by Gasteiger charge is 2.09. The van der Waals surface area contributed by atoms with Crippen molar-refractivity contribution < 1.29 is 0 Å². The quantitative estimate of drug-likeness (QED) is 0.671. The lowest BCUT2D eigenvalue weighted by molar-refractivity contribution is 0.315. The Bertz CT molecular complexity index is 233. The summed E-state index contributed by atoms with van der Waals surface area (Å²) in [6, 6.07) is 10.9. The molecule has 0 spiro atoms. The molecule has 1 atom stereocenters. The molecule has 13 heavy (non-hydrogen) atoms. The number of hydrogen-bond donors (Lipinski definition) is 0. The Balaban J connectivity index is 2.57. The lowest BCUT2D eigenvalue weighted by Gasteiger charge is -2.21. The minimum Gasteiger partial charge on any atom is -0.305 e. The Hall–Kier alpha value is -0.530. The third kappa shape index (κ3) is 3.37. The van der Waals surface area contributed by atoms with Crippen LogP contribution in [0.3, 0.4) is 0 Å². The maximum absolute atomic E-state index is 5.87. The van der Waals surface area contributed by atoms with E-state index in [-0.39, 0.29) is 0 Å². The van der Waals surface area contributed by atoms with E-state index in [1.807, 2.05) is 6.07 Å². The maximum Gasteiger partial charge on any atom is 0.0382 e. The largest absolute Gasteiger partial charge is 0.305 e. The van der Waals surface area contributed by atoms with E-state index in [1.54, 1.807) is 0 Å². The van der Waals surface area contributed by atoms with E-state index < -0.39 is 0 Å². The molecule has 0 saturated heterocycles. The molecule has 0 aliphatic rings. The number of hydrogen-bond acceptors (Lipinski definition) is 1. The monoisotopic (exact) mass is 197 g/mol. The summed E-state index contributed by atoms with van der Waals surface area (Å²) in [6.45, 7) is 0. The van der Waals surface area contributed by atoms with Crippen molar-refractivity contribution in [1.29, 1.82) is 0 Å². The minimum atomic E-state index is 0.434. The van der Waals surface area contributed by atoms with Crippen LogP contribution in [-0.2, 0) is 6.42 Å². The van der Waals surface area contributed by atoms with Crippen molar-refractivity contribution in [3.05, 3.63) is 35.9 Å². The molecule has 1 aromatic rings. The first-order valence-electron chi connectivity index (χ1n) is 4.50. The zero-order valence-corrected chi connectivity index (χ0v) is 8.96. The van der Waals surface area contributed by atoms with Crippen molar-refractivity contribution >= 4 is 11.6 Å². The van der Waals surface area contributed by atoms with Gasteiger partial charge in [0.15, 0.2) is 0 Å². The Morgan fingerprint density at radius 2 is 1.85 bits per heavy atom. The second-order valence-corrected chi connectivity index (χ2v) is 3.77. The second kappa shape index (κ2) is 5.25. The number of likely N-dealkylation sites (N-methyl/N-ethyl adjacent to an activating group) is 1. The summed E-state index contributed by atoms with van der Waals surface area (Å²) in [5, 5.41) is 0. The molecule has 2 heteroatoms. The number of halogens is 1. The van der Waals surface area contributed by atoms with Crippen LogP contribution < -0.4 is 0 Å². The molecule has 0 unspecified atom stereocenters. The standard InChI is InChI=1S/C11H16ClN/c1-13(2)11(9-12)8-10-6-4-3-5-7-10/h3-7,11H,8-9H2,1-2H3/t11-/m1/s1. The molecule has 0 amide bonds. The highest BCUT2D eigenvalue weighted by atomic mass is 35.5. The van der Waals surface area contributed by atoms with E-state index in [1.165, 1.54) is 5.56 Å². The smallest absolute Gasteiger partial charge is 0.0382 e. The number of benzene rings is 1. The van der Waals surface area contributed by atoms with Gasteiger partial charge in [0.1, 0.15) is 0 Å². The van der Waals surface area contributed by atoms with Crippen LogP contribution >= 0.6 is 11.6 Å². The predicted octanol–water partition coefficient (Wildman–Crippen LogP) is 2.40. The third-order valence-electron chi connectivity index (χ3n) is 2.22. The lowest BCUT2D eigenvalue weighted by atomic mass is 10.1. The molecule has 0 radical (unpaired) electrons. The van der Waals surface area contributed by atoms with Crippen molar-refractivity contribution in [1.82, 2.24) is 4.90 Å². The van der Waals surface area contributed by atoms with E-state index in [4.69, 9.17) is 11.6 Å². The van der Waals surface area contributed by atoms with Gasteiger partial charge in [0.25, 0.3) is 0 Å². The van der Waals surface area contributed by atoms with Gasteiger partial charge in [0, 0.05) is 11.9 Å². The fourth-order valence-corrected chi connectivity index (χ4v) is 1.65. The maximum atomic E-state index is 5.87. The van der Waals surface area contributed by atoms with Crippen LogP contribution in [0.2, 0.25) is 0 Å². The van der Waals surface area contributed by atoms with E-state index in [2.05, 4.69) is 43.3 Å². The summed E-state index contributed by atoms with van der Waals surface area (Å²) in [7, 11) is 4.13. The molecule has 0 N–H and O–H groups in total. The molecular formula is C11H16ClN. The molecule has 0 heterocycles. The SMILES string of the molecule is CN(C)[C@@H](CCl)Cc1ccccc1. The Labute approximate surface area is 85.3 Å². The van der Waals surface area contributed by atoms with Crippen molar-refractivity contribution in [2.45, 2.75) is 12.5 Å². The van der Waals surface area contributed by atoms with Crippen LogP contribution in [0.15, 0.2) is 30.3 Å². The van der Waals surface area contributed by atoms with Crippen LogP contribution in [0.5, 0.6) is 0 Å². The van der Waals surface area contributed by atoms with Gasteiger partial charge in [-0.15, -0.1) is 11.6 Å². The Morgan fingerprint density at radius 3 is 2.31 bits per heavy atom.